The van der Waals surface area contributed by atoms with Crippen LogP contribution in [-0.2, 0) is 9.59 Å². The Morgan fingerprint density at radius 2 is 2.05 bits per heavy atom. The largest absolute Gasteiger partial charge is 0.480 e. The van der Waals surface area contributed by atoms with Crippen molar-refractivity contribution in [2.24, 2.45) is 5.73 Å². The number of carbonyl (C=O) groups is 3. The topological polar surface area (TPSA) is 114 Å². The van der Waals surface area contributed by atoms with Gasteiger partial charge in [0.2, 0.25) is 5.91 Å². The predicted octanol–water partition coefficient (Wildman–Crippen LogP) is 1.17. The smallest absolute Gasteiger partial charge is 0.326 e. The van der Waals surface area contributed by atoms with E-state index in [9.17, 15) is 14.4 Å². The zero-order chi connectivity index (χ0) is 16.2. The van der Waals surface area contributed by atoms with E-state index >= 15 is 0 Å². The molecule has 0 aliphatic heterocycles. The van der Waals surface area contributed by atoms with Gasteiger partial charge in [-0.15, -0.1) is 0 Å². The molecule has 1 atom stereocenters. The Morgan fingerprint density at radius 1 is 1.43 bits per heavy atom. The van der Waals surface area contributed by atoms with Crippen LogP contribution in [-0.4, -0.2) is 33.5 Å². The number of primary amides is 1. The summed E-state index contributed by atoms with van der Waals surface area (Å²) in [6.07, 6.45) is 1.41. The molecule has 116 valence electrons. The number of rotatable bonds is 7. The van der Waals surface area contributed by atoms with Crippen LogP contribution >= 0.6 is 11.6 Å². The molecular weight excluding hydrogens is 298 g/mol. The standard InChI is InChI=1S/C13H18ClN3O4/c1-7(2)17-6-8(14)5-10(17)12(19)16-9(13(20)21)3-4-11(15)18/h5-7,9H,3-4H2,1-2H3,(H2,15,18)(H,16,19)(H,20,21)/t9-/m0/s1. The van der Waals surface area contributed by atoms with Crippen molar-refractivity contribution in [1.82, 2.24) is 9.88 Å². The fourth-order valence-electron chi connectivity index (χ4n) is 1.83. The summed E-state index contributed by atoms with van der Waals surface area (Å²) in [5.74, 6) is -2.41. The molecule has 0 aliphatic carbocycles. The number of hydrogen-bond acceptors (Lipinski definition) is 3. The minimum absolute atomic E-state index is 0.00727. The first-order valence-electron chi connectivity index (χ1n) is 6.41. The number of carbonyl (C=O) groups excluding carboxylic acids is 2. The average molecular weight is 316 g/mol. The van der Waals surface area contributed by atoms with Crippen molar-refractivity contribution in [3.63, 3.8) is 0 Å². The molecule has 0 bridgehead atoms. The van der Waals surface area contributed by atoms with E-state index in [1.54, 1.807) is 10.8 Å². The minimum Gasteiger partial charge on any atom is -0.480 e. The lowest BCUT2D eigenvalue weighted by Gasteiger charge is -2.16. The van der Waals surface area contributed by atoms with E-state index in [0.717, 1.165) is 0 Å². The molecular formula is C13H18ClN3O4. The molecule has 0 aliphatic rings. The summed E-state index contributed by atoms with van der Waals surface area (Å²) in [4.78, 5) is 34.0. The molecule has 2 amide bonds. The van der Waals surface area contributed by atoms with E-state index in [1.165, 1.54) is 6.07 Å². The van der Waals surface area contributed by atoms with Gasteiger partial charge >= 0.3 is 5.97 Å². The quantitative estimate of drug-likeness (QED) is 0.700. The molecule has 0 aromatic carbocycles. The van der Waals surface area contributed by atoms with Crippen molar-refractivity contribution in [3.05, 3.63) is 23.0 Å². The Bertz CT molecular complexity index is 554. The predicted molar refractivity (Wildman–Crippen MR) is 77.1 cm³/mol. The number of aliphatic carboxylic acids is 1. The zero-order valence-electron chi connectivity index (χ0n) is 11.8. The van der Waals surface area contributed by atoms with Crippen molar-refractivity contribution < 1.29 is 19.5 Å². The normalized spacial score (nSPS) is 12.2. The fraction of sp³-hybridized carbons (Fsp3) is 0.462. The lowest BCUT2D eigenvalue weighted by atomic mass is 10.1. The SMILES string of the molecule is CC(C)n1cc(Cl)cc1C(=O)N[C@@H](CCC(N)=O)C(=O)O. The highest BCUT2D eigenvalue weighted by atomic mass is 35.5. The number of halogens is 1. The van der Waals surface area contributed by atoms with Gasteiger partial charge in [0, 0.05) is 18.7 Å². The second-order valence-corrected chi connectivity index (χ2v) is 5.35. The first kappa shape index (κ1) is 17.0. The van der Waals surface area contributed by atoms with Crippen LogP contribution < -0.4 is 11.1 Å². The number of carboxylic acids is 1. The van der Waals surface area contributed by atoms with Crippen molar-refractivity contribution in [2.75, 3.05) is 0 Å². The van der Waals surface area contributed by atoms with Gasteiger partial charge in [0.15, 0.2) is 0 Å². The average Bonchev–Trinajstić information content (AvgIpc) is 2.76. The molecule has 1 aromatic rings. The number of carboxylic acid groups (broad SMARTS) is 1. The molecule has 0 saturated heterocycles. The zero-order valence-corrected chi connectivity index (χ0v) is 12.6. The van der Waals surface area contributed by atoms with Crippen molar-refractivity contribution in [3.8, 4) is 0 Å². The summed E-state index contributed by atoms with van der Waals surface area (Å²) in [5.41, 5.74) is 5.25. The molecule has 7 nitrogen and oxygen atoms in total. The third kappa shape index (κ3) is 4.78. The van der Waals surface area contributed by atoms with Gasteiger partial charge in [-0.25, -0.2) is 4.79 Å². The van der Waals surface area contributed by atoms with Crippen LogP contribution in [0.3, 0.4) is 0 Å². The van der Waals surface area contributed by atoms with E-state index in [1.807, 2.05) is 13.8 Å². The highest BCUT2D eigenvalue weighted by Gasteiger charge is 2.23. The number of nitrogens with one attached hydrogen (secondary N) is 1. The van der Waals surface area contributed by atoms with Gasteiger partial charge in [0.25, 0.3) is 5.91 Å². The number of hydrogen-bond donors (Lipinski definition) is 3. The molecule has 0 radical (unpaired) electrons. The Hall–Kier alpha value is -2.02. The van der Waals surface area contributed by atoms with Gasteiger partial charge in [-0.1, -0.05) is 11.6 Å². The Kier molecular flexibility index (Phi) is 5.78. The second-order valence-electron chi connectivity index (χ2n) is 4.91. The molecule has 1 heterocycles. The highest BCUT2D eigenvalue weighted by Crippen LogP contribution is 2.19. The molecule has 1 aromatic heterocycles. The molecule has 1 rings (SSSR count). The maximum absolute atomic E-state index is 12.2. The van der Waals surface area contributed by atoms with Crippen LogP contribution in [0.25, 0.3) is 0 Å². The lowest BCUT2D eigenvalue weighted by Crippen LogP contribution is -2.42. The number of nitrogens with zero attached hydrogens (tertiary/aromatic N) is 1. The Labute approximate surface area is 127 Å². The third-order valence-electron chi connectivity index (χ3n) is 2.89. The number of amides is 2. The maximum Gasteiger partial charge on any atom is 0.326 e. The molecule has 0 spiro atoms. The van der Waals surface area contributed by atoms with E-state index in [2.05, 4.69) is 5.32 Å². The number of aromatic nitrogens is 1. The molecule has 4 N–H and O–H groups in total. The summed E-state index contributed by atoms with van der Waals surface area (Å²) in [6.45, 7) is 3.74. The van der Waals surface area contributed by atoms with Crippen molar-refractivity contribution in [2.45, 2.75) is 38.8 Å². The monoisotopic (exact) mass is 315 g/mol. The summed E-state index contributed by atoms with van der Waals surface area (Å²) < 4.78 is 1.64. The van der Waals surface area contributed by atoms with Crippen molar-refractivity contribution >= 4 is 29.4 Å². The van der Waals surface area contributed by atoms with Crippen LogP contribution in [0.1, 0.15) is 43.2 Å². The lowest BCUT2D eigenvalue weighted by molar-refractivity contribution is -0.139. The van der Waals surface area contributed by atoms with Crippen LogP contribution in [0.4, 0.5) is 0 Å². The molecule has 0 saturated carbocycles. The first-order valence-corrected chi connectivity index (χ1v) is 6.79. The summed E-state index contributed by atoms with van der Waals surface area (Å²) in [6, 6.07) is 0.274. The van der Waals surface area contributed by atoms with Crippen LogP contribution in [0, 0.1) is 0 Å². The molecule has 21 heavy (non-hydrogen) atoms. The van der Waals surface area contributed by atoms with Gasteiger partial charge in [-0.05, 0) is 26.3 Å². The highest BCUT2D eigenvalue weighted by molar-refractivity contribution is 6.31. The minimum atomic E-state index is -1.22. The van der Waals surface area contributed by atoms with Crippen molar-refractivity contribution in [1.29, 1.82) is 0 Å². The van der Waals surface area contributed by atoms with Gasteiger partial charge < -0.3 is 20.7 Å². The Balaban J connectivity index is 2.87. The molecule has 0 unspecified atom stereocenters. The summed E-state index contributed by atoms with van der Waals surface area (Å²) in [5, 5.41) is 11.8. The maximum atomic E-state index is 12.2. The Morgan fingerprint density at radius 3 is 2.52 bits per heavy atom. The molecule has 0 fully saturated rings. The van der Waals surface area contributed by atoms with Gasteiger partial charge in [0.1, 0.15) is 11.7 Å². The van der Waals surface area contributed by atoms with Gasteiger partial charge in [0.05, 0.1) is 5.02 Å². The second kappa shape index (κ2) is 7.12. The number of nitrogens with two attached hydrogens (primary N) is 1. The van der Waals surface area contributed by atoms with E-state index < -0.39 is 23.8 Å². The van der Waals surface area contributed by atoms with Crippen LogP contribution in [0.15, 0.2) is 12.3 Å². The summed E-state index contributed by atoms with van der Waals surface area (Å²) in [7, 11) is 0. The first-order chi connectivity index (χ1) is 9.72. The van der Waals surface area contributed by atoms with Crippen LogP contribution in [0.2, 0.25) is 5.02 Å². The van der Waals surface area contributed by atoms with E-state index in [0.29, 0.717) is 5.02 Å². The summed E-state index contributed by atoms with van der Waals surface area (Å²) >= 11 is 5.88. The van der Waals surface area contributed by atoms with E-state index in [4.69, 9.17) is 22.4 Å². The molecule has 8 heteroatoms. The fourth-order valence-corrected chi connectivity index (χ4v) is 2.04. The van der Waals surface area contributed by atoms with Gasteiger partial charge in [-0.3, -0.25) is 9.59 Å². The van der Waals surface area contributed by atoms with E-state index in [-0.39, 0.29) is 24.6 Å². The van der Waals surface area contributed by atoms with Crippen LogP contribution in [0.5, 0.6) is 0 Å². The third-order valence-corrected chi connectivity index (χ3v) is 3.09. The van der Waals surface area contributed by atoms with Gasteiger partial charge in [-0.2, -0.15) is 0 Å².